The minimum Gasteiger partial charge on any atom is -0.493 e. The van der Waals surface area contributed by atoms with Crippen LogP contribution in [0.5, 0.6) is 11.5 Å². The zero-order valence-electron chi connectivity index (χ0n) is 20.7. The van der Waals surface area contributed by atoms with Crippen LogP contribution in [0.2, 0.25) is 0 Å². The largest absolute Gasteiger partial charge is 0.493 e. The van der Waals surface area contributed by atoms with E-state index < -0.39 is 0 Å². The molecule has 0 spiro atoms. The van der Waals surface area contributed by atoms with Crippen LogP contribution in [0.4, 0.5) is 0 Å². The first-order chi connectivity index (χ1) is 15.5. The van der Waals surface area contributed by atoms with Gasteiger partial charge in [0.05, 0.1) is 12.0 Å². The van der Waals surface area contributed by atoms with Crippen LogP contribution in [-0.4, -0.2) is 75.2 Å². The van der Waals surface area contributed by atoms with Gasteiger partial charge in [-0.2, -0.15) is 0 Å². The van der Waals surface area contributed by atoms with Gasteiger partial charge in [-0.05, 0) is 81.8 Å². The van der Waals surface area contributed by atoms with Crippen LogP contribution in [-0.2, 0) is 0 Å². The Morgan fingerprint density at radius 2 is 1.94 bits per heavy atom. The van der Waals surface area contributed by atoms with E-state index in [-0.39, 0.29) is 30.7 Å². The lowest BCUT2D eigenvalue weighted by atomic mass is 10.1. The molecular weight excluding hydrogens is 493 g/mol. The Morgan fingerprint density at radius 3 is 2.59 bits per heavy atom. The number of hydrogen-bond acceptors (Lipinski definition) is 6. The predicted octanol–water partition coefficient (Wildman–Crippen LogP) is 5.20. The number of thiophene rings is 1. The fourth-order valence-corrected chi connectivity index (χ4v) is 5.08. The molecule has 2 heterocycles. The quantitative estimate of drug-likeness (QED) is 0.407. The number of likely N-dealkylation sites (N-methyl/N-ethyl adjacent to an activating group) is 1. The second-order valence-electron chi connectivity index (χ2n) is 8.23. The number of nitrogens with zero attached hydrogens (tertiary/aromatic N) is 2. The molecular formula is C25H39Cl2N3O3S. The number of carbonyl (C=O) groups excluding carboxylic acids is 1. The number of benzene rings is 1. The maximum atomic E-state index is 12.6. The van der Waals surface area contributed by atoms with Crippen LogP contribution < -0.4 is 14.8 Å². The lowest BCUT2D eigenvalue weighted by Gasteiger charge is -2.19. The van der Waals surface area contributed by atoms with Gasteiger partial charge in [0.1, 0.15) is 6.61 Å². The third kappa shape index (κ3) is 8.31. The van der Waals surface area contributed by atoms with E-state index >= 15 is 0 Å². The summed E-state index contributed by atoms with van der Waals surface area (Å²) in [6.07, 6.45) is 3.49. The molecule has 1 N–H and O–H groups in total. The number of methoxy groups -OCH3 is 1. The Morgan fingerprint density at radius 1 is 1.18 bits per heavy atom. The van der Waals surface area contributed by atoms with Crippen molar-refractivity contribution in [2.75, 3.05) is 53.5 Å². The molecule has 9 heteroatoms. The second-order valence-corrected chi connectivity index (χ2v) is 9.31. The average Bonchev–Trinajstić information content (AvgIpc) is 3.46. The first-order valence-corrected chi connectivity index (χ1v) is 12.5. The Hall–Kier alpha value is -1.51. The number of amides is 1. The average molecular weight is 533 g/mol. The third-order valence-electron chi connectivity index (χ3n) is 6.27. The molecule has 1 aliphatic heterocycles. The zero-order chi connectivity index (χ0) is 22.9. The Bertz CT molecular complexity index is 877. The molecule has 0 bridgehead atoms. The highest BCUT2D eigenvalue weighted by molar-refractivity contribution is 7.17. The minimum absolute atomic E-state index is 0. The van der Waals surface area contributed by atoms with Crippen molar-refractivity contribution in [3.63, 3.8) is 0 Å². The molecule has 192 valence electrons. The maximum Gasteiger partial charge on any atom is 0.261 e. The highest BCUT2D eigenvalue weighted by Crippen LogP contribution is 2.35. The van der Waals surface area contributed by atoms with Crippen LogP contribution >= 0.6 is 36.2 Å². The summed E-state index contributed by atoms with van der Waals surface area (Å²) in [4.78, 5) is 19.1. The fraction of sp³-hybridized carbons (Fsp3) is 0.560. The first-order valence-electron chi connectivity index (χ1n) is 11.7. The molecule has 1 unspecified atom stereocenters. The highest BCUT2D eigenvalue weighted by Gasteiger charge is 2.20. The van der Waals surface area contributed by atoms with Gasteiger partial charge >= 0.3 is 0 Å². The van der Waals surface area contributed by atoms with E-state index in [9.17, 15) is 4.79 Å². The second kappa shape index (κ2) is 15.5. The lowest BCUT2D eigenvalue weighted by Crippen LogP contribution is -2.31. The van der Waals surface area contributed by atoms with Gasteiger partial charge in [0, 0.05) is 24.0 Å². The molecule has 3 rings (SSSR count). The summed E-state index contributed by atoms with van der Waals surface area (Å²) < 4.78 is 11.5. The van der Waals surface area contributed by atoms with Crippen molar-refractivity contribution in [3.05, 3.63) is 35.2 Å². The van der Waals surface area contributed by atoms with Crippen molar-refractivity contribution >= 4 is 42.1 Å². The van der Waals surface area contributed by atoms with Gasteiger partial charge < -0.3 is 24.6 Å². The number of ether oxygens (including phenoxy) is 2. The van der Waals surface area contributed by atoms with Crippen molar-refractivity contribution in [1.29, 1.82) is 0 Å². The van der Waals surface area contributed by atoms with Crippen molar-refractivity contribution in [3.8, 4) is 21.9 Å². The van der Waals surface area contributed by atoms with Gasteiger partial charge in [0.25, 0.3) is 5.91 Å². The minimum atomic E-state index is 0. The maximum absolute atomic E-state index is 12.6. The third-order valence-corrected chi connectivity index (χ3v) is 7.41. The number of rotatable bonds is 12. The molecule has 0 radical (unpaired) electrons. The van der Waals surface area contributed by atoms with Crippen LogP contribution in [0.3, 0.4) is 0 Å². The van der Waals surface area contributed by atoms with E-state index in [1.54, 1.807) is 7.11 Å². The Balaban J connectivity index is 0.00000289. The summed E-state index contributed by atoms with van der Waals surface area (Å²) in [6, 6.07) is 10.5. The van der Waals surface area contributed by atoms with E-state index in [1.165, 1.54) is 24.2 Å². The summed E-state index contributed by atoms with van der Waals surface area (Å²) in [7, 11) is 3.83. The van der Waals surface area contributed by atoms with Gasteiger partial charge in [0.2, 0.25) is 0 Å². The SMILES string of the molecule is CCN(CC)CCOc1ccc(-c2ccc(C(=O)NCCC3CCCN3C)s2)cc1OC.Cl.Cl. The van der Waals surface area contributed by atoms with E-state index in [1.807, 2.05) is 30.3 Å². The fourth-order valence-electron chi connectivity index (χ4n) is 4.16. The molecule has 1 aromatic carbocycles. The Labute approximate surface area is 220 Å². The van der Waals surface area contributed by atoms with Crippen LogP contribution in [0.1, 0.15) is 42.8 Å². The monoisotopic (exact) mass is 531 g/mol. The molecule has 6 nitrogen and oxygen atoms in total. The van der Waals surface area contributed by atoms with E-state index in [4.69, 9.17) is 9.47 Å². The summed E-state index contributed by atoms with van der Waals surface area (Å²) in [5.74, 6) is 1.46. The molecule has 2 aromatic rings. The van der Waals surface area contributed by atoms with Gasteiger partial charge in [-0.15, -0.1) is 36.2 Å². The summed E-state index contributed by atoms with van der Waals surface area (Å²) in [5.41, 5.74) is 1.02. The number of likely N-dealkylation sites (tertiary alicyclic amines) is 1. The number of halogens is 2. The normalized spacial score (nSPS) is 15.5. The van der Waals surface area contributed by atoms with Crippen molar-refractivity contribution in [2.24, 2.45) is 0 Å². The number of nitrogens with one attached hydrogen (secondary N) is 1. The number of hydrogen-bond donors (Lipinski definition) is 1. The molecule has 1 amide bonds. The van der Waals surface area contributed by atoms with Gasteiger partial charge in [-0.25, -0.2) is 0 Å². The molecule has 1 atom stereocenters. The van der Waals surface area contributed by atoms with Crippen molar-refractivity contribution in [2.45, 2.75) is 39.2 Å². The molecule has 1 fully saturated rings. The molecule has 34 heavy (non-hydrogen) atoms. The standard InChI is InChI=1S/C25H37N3O3S.2ClH/c1-5-28(6-2)16-17-31-21-10-9-19(18-22(21)30-4)23-11-12-24(32-23)25(29)26-14-13-20-8-7-15-27(20)3;;/h9-12,18,20H,5-8,13-17H2,1-4H3,(H,26,29);2*1H. The molecule has 0 saturated carbocycles. The lowest BCUT2D eigenvalue weighted by molar-refractivity contribution is 0.0954. The number of carbonyl (C=O) groups is 1. The molecule has 1 saturated heterocycles. The van der Waals surface area contributed by atoms with Gasteiger partial charge in [-0.3, -0.25) is 4.79 Å². The smallest absolute Gasteiger partial charge is 0.261 e. The van der Waals surface area contributed by atoms with E-state index in [0.717, 1.165) is 53.7 Å². The van der Waals surface area contributed by atoms with Crippen LogP contribution in [0.15, 0.2) is 30.3 Å². The Kier molecular flexibility index (Phi) is 13.9. The first kappa shape index (κ1) is 30.5. The zero-order valence-corrected chi connectivity index (χ0v) is 23.1. The summed E-state index contributed by atoms with van der Waals surface area (Å²) in [6.45, 7) is 9.73. The van der Waals surface area contributed by atoms with E-state index in [2.05, 4.69) is 36.0 Å². The predicted molar refractivity (Wildman–Crippen MR) is 147 cm³/mol. The molecule has 1 aliphatic rings. The van der Waals surface area contributed by atoms with Crippen molar-refractivity contribution in [1.82, 2.24) is 15.1 Å². The van der Waals surface area contributed by atoms with Crippen molar-refractivity contribution < 1.29 is 14.3 Å². The van der Waals surface area contributed by atoms with Gasteiger partial charge in [-0.1, -0.05) is 13.8 Å². The summed E-state index contributed by atoms with van der Waals surface area (Å²) >= 11 is 1.50. The molecule has 1 aromatic heterocycles. The van der Waals surface area contributed by atoms with E-state index in [0.29, 0.717) is 24.9 Å². The highest BCUT2D eigenvalue weighted by atomic mass is 35.5. The summed E-state index contributed by atoms with van der Waals surface area (Å²) in [5, 5.41) is 3.08. The molecule has 0 aliphatic carbocycles. The topological polar surface area (TPSA) is 54.0 Å². The van der Waals surface area contributed by atoms with Crippen LogP contribution in [0, 0.1) is 0 Å². The van der Waals surface area contributed by atoms with Crippen LogP contribution in [0.25, 0.3) is 10.4 Å². The van der Waals surface area contributed by atoms with Gasteiger partial charge in [0.15, 0.2) is 11.5 Å².